The van der Waals surface area contributed by atoms with Gasteiger partial charge in [0.15, 0.2) is 0 Å². The maximum atomic E-state index is 12.4. The first kappa shape index (κ1) is 13.3. The number of hydrogen-bond donors (Lipinski definition) is 1. The van der Waals surface area contributed by atoms with Crippen molar-refractivity contribution in [2.45, 2.75) is 12.6 Å². The van der Waals surface area contributed by atoms with Gasteiger partial charge in [-0.2, -0.15) is 18.4 Å². The van der Waals surface area contributed by atoms with E-state index in [0.717, 1.165) is 12.1 Å². The fraction of sp³-hybridized carbons (Fsp3) is 0.250. The first-order valence-electron chi connectivity index (χ1n) is 4.88. The fourth-order valence-corrected chi connectivity index (χ4v) is 1.26. The average molecular weight is 241 g/mol. The molecular weight excluding hydrogens is 231 g/mol. The second kappa shape index (κ2) is 5.51. The van der Waals surface area contributed by atoms with Gasteiger partial charge in [0, 0.05) is 6.61 Å². The number of alkyl halides is 3. The Kier molecular flexibility index (Phi) is 4.30. The van der Waals surface area contributed by atoms with Crippen LogP contribution in [0.2, 0.25) is 0 Å². The molecule has 0 amide bonds. The zero-order valence-electron chi connectivity index (χ0n) is 8.83. The summed E-state index contributed by atoms with van der Waals surface area (Å²) in [7, 11) is 0. The molecule has 17 heavy (non-hydrogen) atoms. The Morgan fingerprint density at radius 2 is 2.06 bits per heavy atom. The largest absolute Gasteiger partial charge is 0.416 e. The van der Waals surface area contributed by atoms with Crippen LogP contribution in [0.5, 0.6) is 0 Å². The Labute approximate surface area is 96.6 Å². The van der Waals surface area contributed by atoms with Gasteiger partial charge in [-0.15, -0.1) is 0 Å². The van der Waals surface area contributed by atoms with Gasteiger partial charge in [-0.3, -0.25) is 0 Å². The molecule has 0 heterocycles. The minimum Gasteiger partial charge on any atom is -0.396 e. The van der Waals surface area contributed by atoms with Crippen LogP contribution in [0.4, 0.5) is 13.2 Å². The van der Waals surface area contributed by atoms with E-state index in [1.165, 1.54) is 12.1 Å². The molecule has 0 unspecified atom stereocenters. The van der Waals surface area contributed by atoms with Crippen LogP contribution < -0.4 is 0 Å². The molecule has 0 saturated carbocycles. The summed E-state index contributed by atoms with van der Waals surface area (Å²) < 4.78 is 37.1. The smallest absolute Gasteiger partial charge is 0.396 e. The highest BCUT2D eigenvalue weighted by Crippen LogP contribution is 2.30. The fourth-order valence-electron chi connectivity index (χ4n) is 1.26. The summed E-state index contributed by atoms with van der Waals surface area (Å²) in [5.74, 6) is 0. The summed E-state index contributed by atoms with van der Waals surface area (Å²) in [6.45, 7) is -0.0426. The summed E-state index contributed by atoms with van der Waals surface area (Å²) >= 11 is 0. The SMILES string of the molecule is N#Cc1cc(C(F)(F)F)ccc1C=CCCO. The average Bonchev–Trinajstić information content (AvgIpc) is 2.28. The van der Waals surface area contributed by atoms with Gasteiger partial charge in [0.2, 0.25) is 0 Å². The van der Waals surface area contributed by atoms with Crippen LogP contribution in [-0.4, -0.2) is 11.7 Å². The summed E-state index contributed by atoms with van der Waals surface area (Å²) in [4.78, 5) is 0. The molecular formula is C12H10F3NO. The van der Waals surface area contributed by atoms with Crippen molar-refractivity contribution in [2.24, 2.45) is 0 Å². The maximum absolute atomic E-state index is 12.4. The molecule has 0 spiro atoms. The highest BCUT2D eigenvalue weighted by atomic mass is 19.4. The van der Waals surface area contributed by atoms with E-state index in [2.05, 4.69) is 0 Å². The molecule has 5 heteroatoms. The van der Waals surface area contributed by atoms with E-state index in [1.807, 2.05) is 0 Å². The van der Waals surface area contributed by atoms with Crippen molar-refractivity contribution in [3.05, 3.63) is 41.0 Å². The van der Waals surface area contributed by atoms with Crippen molar-refractivity contribution in [1.82, 2.24) is 0 Å². The molecule has 0 atom stereocenters. The molecule has 90 valence electrons. The zero-order chi connectivity index (χ0) is 12.9. The Hall–Kier alpha value is -1.80. The maximum Gasteiger partial charge on any atom is 0.416 e. The Balaban J connectivity index is 3.07. The molecule has 0 aromatic heterocycles. The van der Waals surface area contributed by atoms with Crippen LogP contribution in [-0.2, 0) is 6.18 Å². The summed E-state index contributed by atoms with van der Waals surface area (Å²) in [5, 5.41) is 17.3. The zero-order valence-corrected chi connectivity index (χ0v) is 8.83. The second-order valence-electron chi connectivity index (χ2n) is 3.33. The lowest BCUT2D eigenvalue weighted by Crippen LogP contribution is -2.05. The normalized spacial score (nSPS) is 11.7. The van der Waals surface area contributed by atoms with Crippen molar-refractivity contribution in [2.75, 3.05) is 6.61 Å². The second-order valence-corrected chi connectivity index (χ2v) is 3.33. The van der Waals surface area contributed by atoms with E-state index in [-0.39, 0.29) is 12.2 Å². The van der Waals surface area contributed by atoms with E-state index < -0.39 is 11.7 Å². The lowest BCUT2D eigenvalue weighted by molar-refractivity contribution is -0.137. The molecule has 1 aromatic rings. The van der Waals surface area contributed by atoms with Crippen LogP contribution >= 0.6 is 0 Å². The third-order valence-corrected chi connectivity index (χ3v) is 2.09. The Bertz CT molecular complexity index is 458. The van der Waals surface area contributed by atoms with Gasteiger partial charge in [0.05, 0.1) is 17.2 Å². The highest BCUT2D eigenvalue weighted by molar-refractivity contribution is 5.59. The molecule has 0 fully saturated rings. The molecule has 0 aliphatic heterocycles. The van der Waals surface area contributed by atoms with E-state index >= 15 is 0 Å². The summed E-state index contributed by atoms with van der Waals surface area (Å²) in [6, 6.07) is 4.71. The highest BCUT2D eigenvalue weighted by Gasteiger charge is 2.30. The van der Waals surface area contributed by atoms with E-state index in [4.69, 9.17) is 10.4 Å². The van der Waals surface area contributed by atoms with Crippen LogP contribution in [0.15, 0.2) is 24.3 Å². The van der Waals surface area contributed by atoms with Crippen LogP contribution in [0.3, 0.4) is 0 Å². The number of rotatable bonds is 3. The lowest BCUT2D eigenvalue weighted by atomic mass is 10.0. The molecule has 0 saturated heterocycles. The van der Waals surface area contributed by atoms with Gasteiger partial charge in [0.25, 0.3) is 0 Å². The number of nitriles is 1. The molecule has 1 rings (SSSR count). The summed E-state index contributed by atoms with van der Waals surface area (Å²) in [6.07, 6.45) is -0.927. The monoisotopic (exact) mass is 241 g/mol. The number of hydrogen-bond acceptors (Lipinski definition) is 2. The number of aliphatic hydroxyl groups is 1. The van der Waals surface area contributed by atoms with Crippen LogP contribution in [0.25, 0.3) is 6.08 Å². The molecule has 0 bridgehead atoms. The quantitative estimate of drug-likeness (QED) is 0.884. The van der Waals surface area contributed by atoms with Crippen molar-refractivity contribution >= 4 is 6.08 Å². The van der Waals surface area contributed by atoms with Gasteiger partial charge in [-0.25, -0.2) is 0 Å². The summed E-state index contributed by atoms with van der Waals surface area (Å²) in [5.41, 5.74) is -0.462. The van der Waals surface area contributed by atoms with E-state index in [0.29, 0.717) is 12.0 Å². The minimum absolute atomic E-state index is 0.0333. The van der Waals surface area contributed by atoms with Crippen molar-refractivity contribution in [3.63, 3.8) is 0 Å². The predicted octanol–water partition coefficient (Wildman–Crippen LogP) is 2.97. The van der Waals surface area contributed by atoms with Gasteiger partial charge >= 0.3 is 6.18 Å². The topological polar surface area (TPSA) is 44.0 Å². The molecule has 0 aliphatic carbocycles. The van der Waals surface area contributed by atoms with Crippen molar-refractivity contribution < 1.29 is 18.3 Å². The first-order chi connectivity index (χ1) is 7.99. The van der Waals surface area contributed by atoms with E-state index in [9.17, 15) is 13.2 Å². The third-order valence-electron chi connectivity index (χ3n) is 2.09. The molecule has 1 N–H and O–H groups in total. The molecule has 0 radical (unpaired) electrons. The molecule has 2 nitrogen and oxygen atoms in total. The Morgan fingerprint density at radius 3 is 2.59 bits per heavy atom. The first-order valence-corrected chi connectivity index (χ1v) is 4.88. The standard InChI is InChI=1S/C12H10F3NO/c13-12(14,15)11-5-4-9(3-1-2-6-17)10(7-11)8-16/h1,3-5,7,17H,2,6H2. The van der Waals surface area contributed by atoms with Gasteiger partial charge in [0.1, 0.15) is 0 Å². The molecule has 1 aromatic carbocycles. The Morgan fingerprint density at radius 1 is 1.35 bits per heavy atom. The van der Waals surface area contributed by atoms with Crippen molar-refractivity contribution in [1.29, 1.82) is 5.26 Å². The number of halogens is 3. The predicted molar refractivity (Wildman–Crippen MR) is 56.9 cm³/mol. The minimum atomic E-state index is -4.45. The van der Waals surface area contributed by atoms with E-state index in [1.54, 1.807) is 12.1 Å². The van der Waals surface area contributed by atoms with Gasteiger partial charge in [-0.05, 0) is 24.1 Å². The number of aliphatic hydroxyl groups excluding tert-OH is 1. The number of nitrogens with zero attached hydrogens (tertiary/aromatic N) is 1. The lowest BCUT2D eigenvalue weighted by Gasteiger charge is -2.07. The third kappa shape index (κ3) is 3.61. The number of benzene rings is 1. The molecule has 0 aliphatic rings. The van der Waals surface area contributed by atoms with Gasteiger partial charge in [-0.1, -0.05) is 18.2 Å². The van der Waals surface area contributed by atoms with Crippen molar-refractivity contribution in [3.8, 4) is 6.07 Å². The van der Waals surface area contributed by atoms with Crippen LogP contribution in [0.1, 0.15) is 23.1 Å². The van der Waals surface area contributed by atoms with Gasteiger partial charge < -0.3 is 5.11 Å². The van der Waals surface area contributed by atoms with Crippen LogP contribution in [0, 0.1) is 11.3 Å².